The topological polar surface area (TPSA) is 37.4 Å². The second kappa shape index (κ2) is 6.28. The van der Waals surface area contributed by atoms with Crippen molar-refractivity contribution in [1.82, 2.24) is 4.90 Å². The lowest BCUT2D eigenvalue weighted by Crippen LogP contribution is -2.49. The van der Waals surface area contributed by atoms with E-state index >= 15 is 0 Å². The predicted molar refractivity (Wildman–Crippen MR) is 78.0 cm³/mol. The van der Waals surface area contributed by atoms with E-state index in [1.165, 1.54) is 64.2 Å². The smallest absolute Gasteiger partial charge is 0.229 e. The summed E-state index contributed by atoms with van der Waals surface area (Å²) in [6.45, 7) is 0. The average Bonchev–Trinajstić information content (AvgIpc) is 2.82. The summed E-state index contributed by atoms with van der Waals surface area (Å²) in [5.41, 5.74) is 0. The van der Waals surface area contributed by atoms with Crippen molar-refractivity contribution >= 4 is 11.8 Å². The quantitative estimate of drug-likeness (QED) is 0.738. The van der Waals surface area contributed by atoms with Gasteiger partial charge in [0, 0.05) is 18.9 Å². The Kier molecular flexibility index (Phi) is 4.42. The third-order valence-electron chi connectivity index (χ3n) is 5.65. The molecule has 2 saturated carbocycles. The van der Waals surface area contributed by atoms with Crippen LogP contribution in [0.5, 0.6) is 0 Å². The molecular formula is C17H27NO2. The molecule has 0 spiro atoms. The Hall–Kier alpha value is -0.860. The van der Waals surface area contributed by atoms with Gasteiger partial charge in [-0.05, 0) is 37.5 Å². The highest BCUT2D eigenvalue weighted by Gasteiger charge is 2.43. The molecular weight excluding hydrogens is 250 g/mol. The largest absolute Gasteiger partial charge is 0.279 e. The number of carbonyl (C=O) groups excluding carboxylic acids is 2. The summed E-state index contributed by atoms with van der Waals surface area (Å²) >= 11 is 0. The first-order chi connectivity index (χ1) is 9.77. The van der Waals surface area contributed by atoms with Crippen molar-refractivity contribution < 1.29 is 9.59 Å². The zero-order valence-corrected chi connectivity index (χ0v) is 12.5. The van der Waals surface area contributed by atoms with Gasteiger partial charge >= 0.3 is 0 Å². The van der Waals surface area contributed by atoms with Crippen LogP contribution in [0.1, 0.15) is 77.0 Å². The summed E-state index contributed by atoms with van der Waals surface area (Å²) in [5, 5.41) is 0. The summed E-state index contributed by atoms with van der Waals surface area (Å²) in [6, 6.07) is 0.234. The van der Waals surface area contributed by atoms with E-state index in [9.17, 15) is 9.59 Å². The van der Waals surface area contributed by atoms with Crippen molar-refractivity contribution in [3.8, 4) is 0 Å². The molecule has 0 aromatic carbocycles. The van der Waals surface area contributed by atoms with Crippen molar-refractivity contribution in [2.24, 2.45) is 11.8 Å². The SMILES string of the molecule is O=C1CCC(=O)N1C(C1CCCCC1)C1CCCCC1. The van der Waals surface area contributed by atoms with Gasteiger partial charge in [-0.3, -0.25) is 14.5 Å². The van der Waals surface area contributed by atoms with Crippen LogP contribution >= 0.6 is 0 Å². The molecule has 0 unspecified atom stereocenters. The molecule has 2 amide bonds. The lowest BCUT2D eigenvalue weighted by molar-refractivity contribution is -0.145. The fourth-order valence-corrected chi connectivity index (χ4v) is 4.68. The van der Waals surface area contributed by atoms with Gasteiger partial charge in [-0.15, -0.1) is 0 Å². The summed E-state index contributed by atoms with van der Waals surface area (Å²) in [7, 11) is 0. The fourth-order valence-electron chi connectivity index (χ4n) is 4.68. The van der Waals surface area contributed by atoms with Crippen molar-refractivity contribution in [3.63, 3.8) is 0 Å². The van der Waals surface area contributed by atoms with Crippen molar-refractivity contribution in [2.75, 3.05) is 0 Å². The minimum atomic E-state index is 0.108. The molecule has 0 aromatic rings. The van der Waals surface area contributed by atoms with Gasteiger partial charge in [0.2, 0.25) is 11.8 Å². The molecule has 3 nitrogen and oxygen atoms in total. The van der Waals surface area contributed by atoms with Gasteiger partial charge in [-0.2, -0.15) is 0 Å². The zero-order valence-electron chi connectivity index (χ0n) is 12.5. The van der Waals surface area contributed by atoms with Crippen LogP contribution in [0, 0.1) is 11.8 Å². The van der Waals surface area contributed by atoms with Crippen LogP contribution in [0.2, 0.25) is 0 Å². The first kappa shape index (κ1) is 14.1. The van der Waals surface area contributed by atoms with E-state index in [4.69, 9.17) is 0 Å². The Bertz CT molecular complexity index is 333. The van der Waals surface area contributed by atoms with Gasteiger partial charge in [0.25, 0.3) is 0 Å². The second-order valence-electron chi connectivity index (χ2n) is 6.94. The Morgan fingerprint density at radius 2 is 1.10 bits per heavy atom. The van der Waals surface area contributed by atoms with E-state index in [1.807, 2.05) is 0 Å². The number of amides is 2. The Labute approximate surface area is 122 Å². The van der Waals surface area contributed by atoms with Gasteiger partial charge in [-0.1, -0.05) is 38.5 Å². The minimum Gasteiger partial charge on any atom is -0.279 e. The second-order valence-corrected chi connectivity index (χ2v) is 6.94. The molecule has 0 aromatic heterocycles. The average molecular weight is 277 g/mol. The Balaban J connectivity index is 1.81. The summed E-state index contributed by atoms with van der Waals surface area (Å²) in [6.07, 6.45) is 13.6. The van der Waals surface area contributed by atoms with Gasteiger partial charge in [-0.25, -0.2) is 0 Å². The number of likely N-dealkylation sites (tertiary alicyclic amines) is 1. The molecule has 2 aliphatic carbocycles. The van der Waals surface area contributed by atoms with Crippen LogP contribution in [-0.2, 0) is 9.59 Å². The maximum absolute atomic E-state index is 12.2. The molecule has 0 atom stereocenters. The van der Waals surface area contributed by atoms with E-state index in [-0.39, 0.29) is 17.9 Å². The predicted octanol–water partition coefficient (Wildman–Crippen LogP) is 3.66. The van der Waals surface area contributed by atoms with Crippen LogP contribution in [0.25, 0.3) is 0 Å². The molecule has 1 saturated heterocycles. The van der Waals surface area contributed by atoms with Crippen molar-refractivity contribution in [1.29, 1.82) is 0 Å². The van der Waals surface area contributed by atoms with Crippen LogP contribution in [0.15, 0.2) is 0 Å². The van der Waals surface area contributed by atoms with Crippen LogP contribution in [0.3, 0.4) is 0 Å². The molecule has 112 valence electrons. The van der Waals surface area contributed by atoms with Gasteiger partial charge < -0.3 is 0 Å². The first-order valence-corrected chi connectivity index (χ1v) is 8.62. The fraction of sp³-hybridized carbons (Fsp3) is 0.882. The number of rotatable bonds is 3. The lowest BCUT2D eigenvalue weighted by atomic mass is 9.73. The molecule has 0 bridgehead atoms. The molecule has 3 rings (SSSR count). The van der Waals surface area contributed by atoms with E-state index < -0.39 is 0 Å². The summed E-state index contributed by atoms with van der Waals surface area (Å²) in [5.74, 6) is 1.38. The lowest BCUT2D eigenvalue weighted by Gasteiger charge is -2.42. The van der Waals surface area contributed by atoms with E-state index in [0.29, 0.717) is 24.7 Å². The Morgan fingerprint density at radius 3 is 1.50 bits per heavy atom. The van der Waals surface area contributed by atoms with Gasteiger partial charge in [0.05, 0.1) is 0 Å². The maximum Gasteiger partial charge on any atom is 0.229 e. The molecule has 3 heteroatoms. The van der Waals surface area contributed by atoms with Crippen molar-refractivity contribution in [2.45, 2.75) is 83.1 Å². The monoisotopic (exact) mass is 277 g/mol. The third-order valence-corrected chi connectivity index (χ3v) is 5.65. The molecule has 1 heterocycles. The summed E-state index contributed by atoms with van der Waals surface area (Å²) in [4.78, 5) is 26.1. The standard InChI is InChI=1S/C17H27NO2/c19-15-11-12-16(20)18(15)17(13-7-3-1-4-8-13)14-9-5-2-6-10-14/h13-14,17H,1-12H2. The molecule has 3 fully saturated rings. The van der Waals surface area contributed by atoms with E-state index in [0.717, 1.165) is 0 Å². The highest BCUT2D eigenvalue weighted by Crippen LogP contribution is 2.40. The third kappa shape index (κ3) is 2.77. The number of nitrogens with zero attached hydrogens (tertiary/aromatic N) is 1. The Morgan fingerprint density at radius 1 is 0.700 bits per heavy atom. The van der Waals surface area contributed by atoms with Crippen LogP contribution in [-0.4, -0.2) is 22.8 Å². The maximum atomic E-state index is 12.2. The number of hydrogen-bond acceptors (Lipinski definition) is 2. The van der Waals surface area contributed by atoms with Crippen LogP contribution in [0.4, 0.5) is 0 Å². The zero-order chi connectivity index (χ0) is 13.9. The highest BCUT2D eigenvalue weighted by atomic mass is 16.2. The van der Waals surface area contributed by atoms with E-state index in [1.54, 1.807) is 4.90 Å². The highest BCUT2D eigenvalue weighted by molar-refractivity contribution is 6.02. The number of hydrogen-bond donors (Lipinski definition) is 0. The number of imide groups is 1. The molecule has 0 N–H and O–H groups in total. The van der Waals surface area contributed by atoms with Crippen molar-refractivity contribution in [3.05, 3.63) is 0 Å². The van der Waals surface area contributed by atoms with E-state index in [2.05, 4.69) is 0 Å². The van der Waals surface area contributed by atoms with Crippen LogP contribution < -0.4 is 0 Å². The molecule has 20 heavy (non-hydrogen) atoms. The van der Waals surface area contributed by atoms with Gasteiger partial charge in [0.15, 0.2) is 0 Å². The molecule has 0 radical (unpaired) electrons. The minimum absolute atomic E-state index is 0.108. The summed E-state index contributed by atoms with van der Waals surface area (Å²) < 4.78 is 0. The molecule has 3 aliphatic rings. The van der Waals surface area contributed by atoms with Gasteiger partial charge in [0.1, 0.15) is 0 Å². The molecule has 1 aliphatic heterocycles. The number of carbonyl (C=O) groups is 2. The normalized spacial score (nSPS) is 26.8. The first-order valence-electron chi connectivity index (χ1n) is 8.62.